The van der Waals surface area contributed by atoms with Gasteiger partial charge in [0.1, 0.15) is 0 Å². The van der Waals surface area contributed by atoms with Gasteiger partial charge in [-0.25, -0.2) is 0 Å². The van der Waals surface area contributed by atoms with Crippen LogP contribution in [0.3, 0.4) is 0 Å². The van der Waals surface area contributed by atoms with E-state index in [4.69, 9.17) is 0 Å². The van der Waals surface area contributed by atoms with E-state index in [9.17, 15) is 9.59 Å². The zero-order chi connectivity index (χ0) is 13.7. The first-order valence-electron chi connectivity index (χ1n) is 6.59. The summed E-state index contributed by atoms with van der Waals surface area (Å²) < 4.78 is 0. The summed E-state index contributed by atoms with van der Waals surface area (Å²) in [7, 11) is 0. The Morgan fingerprint density at radius 3 is 2.89 bits per heavy atom. The summed E-state index contributed by atoms with van der Waals surface area (Å²) in [6.07, 6.45) is 0.321. The highest BCUT2D eigenvalue weighted by atomic mass is 16.2. The van der Waals surface area contributed by atoms with Crippen LogP contribution in [-0.4, -0.2) is 31.4 Å². The molecule has 0 aliphatic carbocycles. The maximum Gasteiger partial charge on any atom is 0.229 e. The van der Waals surface area contributed by atoms with Gasteiger partial charge in [-0.15, -0.1) is 0 Å². The molecule has 1 aromatic carbocycles. The molecule has 5 heteroatoms. The Kier molecular flexibility index (Phi) is 4.39. The summed E-state index contributed by atoms with van der Waals surface area (Å²) in [5.41, 5.74) is 2.05. The third-order valence-corrected chi connectivity index (χ3v) is 3.17. The van der Waals surface area contributed by atoms with E-state index in [2.05, 4.69) is 16.0 Å². The molecule has 3 N–H and O–H groups in total. The lowest BCUT2D eigenvalue weighted by molar-refractivity contribution is -0.123. The molecule has 1 heterocycles. The third-order valence-electron chi connectivity index (χ3n) is 3.17. The van der Waals surface area contributed by atoms with Crippen molar-refractivity contribution in [3.63, 3.8) is 0 Å². The molecule has 2 rings (SSSR count). The van der Waals surface area contributed by atoms with Crippen LogP contribution in [0, 0.1) is 0 Å². The molecular formula is C14H19N3O2. The number of benzene rings is 1. The largest absolute Gasteiger partial charge is 0.384 e. The number of carbonyl (C=O) groups excluding carboxylic acids is 2. The molecular weight excluding hydrogens is 242 g/mol. The van der Waals surface area contributed by atoms with E-state index in [1.165, 1.54) is 0 Å². The number of fused-ring (bicyclic) bond motifs is 1. The summed E-state index contributed by atoms with van der Waals surface area (Å²) in [6, 6.07) is 7.81. The Morgan fingerprint density at radius 2 is 2.11 bits per heavy atom. The van der Waals surface area contributed by atoms with Crippen molar-refractivity contribution in [2.45, 2.75) is 19.3 Å². The van der Waals surface area contributed by atoms with Crippen molar-refractivity contribution in [1.82, 2.24) is 10.6 Å². The molecule has 1 aromatic rings. The van der Waals surface area contributed by atoms with E-state index < -0.39 is 0 Å². The van der Waals surface area contributed by atoms with Crippen molar-refractivity contribution in [2.24, 2.45) is 0 Å². The van der Waals surface area contributed by atoms with Gasteiger partial charge in [0.15, 0.2) is 0 Å². The topological polar surface area (TPSA) is 70.2 Å². The normalized spacial score (nSPS) is 16.4. The van der Waals surface area contributed by atoms with Crippen LogP contribution in [0.2, 0.25) is 0 Å². The monoisotopic (exact) mass is 261 g/mol. The Balaban J connectivity index is 1.83. The Hall–Kier alpha value is -2.04. The number of hydrogen-bond donors (Lipinski definition) is 3. The van der Waals surface area contributed by atoms with Crippen molar-refractivity contribution in [3.05, 3.63) is 29.8 Å². The van der Waals surface area contributed by atoms with E-state index >= 15 is 0 Å². The van der Waals surface area contributed by atoms with Gasteiger partial charge >= 0.3 is 0 Å². The summed E-state index contributed by atoms with van der Waals surface area (Å²) in [4.78, 5) is 23.3. The lowest BCUT2D eigenvalue weighted by atomic mass is 10.0. The Bertz CT molecular complexity index is 474. The quantitative estimate of drug-likeness (QED) is 0.735. The van der Waals surface area contributed by atoms with Crippen LogP contribution in [0.1, 0.15) is 24.8 Å². The van der Waals surface area contributed by atoms with Crippen LogP contribution in [0.25, 0.3) is 0 Å². The number of hydrogen-bond acceptors (Lipinski definition) is 3. The average Bonchev–Trinajstić information content (AvgIpc) is 2.82. The van der Waals surface area contributed by atoms with Gasteiger partial charge in [-0.1, -0.05) is 18.2 Å². The van der Waals surface area contributed by atoms with Crippen LogP contribution >= 0.6 is 0 Å². The smallest absolute Gasteiger partial charge is 0.229 e. The molecule has 5 nitrogen and oxygen atoms in total. The minimum atomic E-state index is -0.162. The first-order valence-corrected chi connectivity index (χ1v) is 6.59. The molecule has 1 unspecified atom stereocenters. The van der Waals surface area contributed by atoms with Crippen LogP contribution < -0.4 is 16.0 Å². The molecule has 0 saturated carbocycles. The van der Waals surface area contributed by atoms with Crippen molar-refractivity contribution < 1.29 is 9.59 Å². The van der Waals surface area contributed by atoms with E-state index in [1.54, 1.807) is 0 Å². The van der Waals surface area contributed by atoms with Gasteiger partial charge in [-0.3, -0.25) is 9.59 Å². The SMILES string of the molecule is CCNC(=O)CCNC(=O)C1CNc2ccccc21. The first kappa shape index (κ1) is 13.4. The van der Waals surface area contributed by atoms with E-state index in [0.29, 0.717) is 26.1 Å². The van der Waals surface area contributed by atoms with Crippen molar-refractivity contribution in [2.75, 3.05) is 25.0 Å². The Labute approximate surface area is 112 Å². The molecule has 1 aliphatic rings. The minimum Gasteiger partial charge on any atom is -0.384 e. The summed E-state index contributed by atoms with van der Waals surface area (Å²) >= 11 is 0. The second-order valence-corrected chi connectivity index (χ2v) is 4.52. The minimum absolute atomic E-state index is 0.0262. The fraction of sp³-hybridized carbons (Fsp3) is 0.429. The fourth-order valence-corrected chi connectivity index (χ4v) is 2.23. The highest BCUT2D eigenvalue weighted by Gasteiger charge is 2.27. The maximum atomic E-state index is 12.1. The number of amides is 2. The van der Waals surface area contributed by atoms with Crippen LogP contribution in [0.4, 0.5) is 5.69 Å². The van der Waals surface area contributed by atoms with Crippen LogP contribution in [0.15, 0.2) is 24.3 Å². The molecule has 0 fully saturated rings. The molecule has 1 aliphatic heterocycles. The highest BCUT2D eigenvalue weighted by Crippen LogP contribution is 2.30. The first-order chi connectivity index (χ1) is 9.22. The number of anilines is 1. The molecule has 1 atom stereocenters. The molecule has 0 radical (unpaired) electrons. The second kappa shape index (κ2) is 6.22. The fourth-order valence-electron chi connectivity index (χ4n) is 2.23. The lowest BCUT2D eigenvalue weighted by Crippen LogP contribution is -2.34. The summed E-state index contributed by atoms with van der Waals surface area (Å²) in [5.74, 6) is -0.222. The van der Waals surface area contributed by atoms with Crippen molar-refractivity contribution in [3.8, 4) is 0 Å². The third kappa shape index (κ3) is 3.24. The van der Waals surface area contributed by atoms with E-state index in [1.807, 2.05) is 31.2 Å². The second-order valence-electron chi connectivity index (χ2n) is 4.52. The van der Waals surface area contributed by atoms with Gasteiger partial charge in [0.25, 0.3) is 0 Å². The average molecular weight is 261 g/mol. The number of carbonyl (C=O) groups is 2. The molecule has 0 saturated heterocycles. The molecule has 0 aromatic heterocycles. The van der Waals surface area contributed by atoms with Crippen LogP contribution in [-0.2, 0) is 9.59 Å². The van der Waals surface area contributed by atoms with Crippen molar-refractivity contribution in [1.29, 1.82) is 0 Å². The standard InChI is InChI=1S/C14H19N3O2/c1-2-15-13(18)7-8-16-14(19)11-9-17-12-6-4-3-5-10(11)12/h3-6,11,17H,2,7-9H2,1H3,(H,15,18)(H,16,19). The zero-order valence-corrected chi connectivity index (χ0v) is 11.0. The Morgan fingerprint density at radius 1 is 1.32 bits per heavy atom. The lowest BCUT2D eigenvalue weighted by Gasteiger charge is -2.11. The van der Waals surface area contributed by atoms with Crippen LogP contribution in [0.5, 0.6) is 0 Å². The number of para-hydroxylation sites is 1. The maximum absolute atomic E-state index is 12.1. The number of rotatable bonds is 5. The van der Waals surface area contributed by atoms with Gasteiger partial charge < -0.3 is 16.0 Å². The summed E-state index contributed by atoms with van der Waals surface area (Å²) in [5, 5.41) is 8.73. The van der Waals surface area contributed by atoms with Crippen molar-refractivity contribution >= 4 is 17.5 Å². The molecule has 0 bridgehead atoms. The van der Waals surface area contributed by atoms with Gasteiger partial charge in [-0.2, -0.15) is 0 Å². The van der Waals surface area contributed by atoms with E-state index in [-0.39, 0.29) is 17.7 Å². The molecule has 0 spiro atoms. The number of nitrogens with one attached hydrogen (secondary N) is 3. The predicted octanol–water partition coefficient (Wildman–Crippen LogP) is 0.838. The zero-order valence-electron chi connectivity index (χ0n) is 11.0. The van der Waals surface area contributed by atoms with E-state index in [0.717, 1.165) is 11.3 Å². The van der Waals surface area contributed by atoms with Gasteiger partial charge in [0.2, 0.25) is 11.8 Å². The van der Waals surface area contributed by atoms with Gasteiger partial charge in [0, 0.05) is 31.7 Å². The summed E-state index contributed by atoms with van der Waals surface area (Å²) in [6.45, 7) is 3.49. The highest BCUT2D eigenvalue weighted by molar-refractivity contribution is 5.88. The molecule has 2 amide bonds. The molecule has 19 heavy (non-hydrogen) atoms. The van der Waals surface area contributed by atoms with Gasteiger partial charge in [0.05, 0.1) is 5.92 Å². The predicted molar refractivity (Wildman–Crippen MR) is 74.0 cm³/mol. The van der Waals surface area contributed by atoms with Gasteiger partial charge in [-0.05, 0) is 18.6 Å². The molecule has 102 valence electrons.